The maximum atomic E-state index is 11.9. The van der Waals surface area contributed by atoms with Crippen LogP contribution in [-0.4, -0.2) is 34.8 Å². The number of hydrogen-bond donors (Lipinski definition) is 2. The minimum atomic E-state index is -0.0362. The van der Waals surface area contributed by atoms with Gasteiger partial charge in [-0.25, -0.2) is 4.79 Å². The molecule has 1 aromatic rings. The van der Waals surface area contributed by atoms with Gasteiger partial charge in [0, 0.05) is 23.4 Å². The molecule has 2 rings (SSSR count). The van der Waals surface area contributed by atoms with Crippen molar-refractivity contribution in [3.05, 3.63) is 17.0 Å². The summed E-state index contributed by atoms with van der Waals surface area (Å²) in [4.78, 5) is 11.9. The summed E-state index contributed by atoms with van der Waals surface area (Å²) in [7, 11) is 0. The number of aromatic nitrogens is 1. The molecule has 1 heterocycles. The number of carbonyl (C=O) groups excluding carboxylic acids is 1. The van der Waals surface area contributed by atoms with Crippen molar-refractivity contribution in [3.8, 4) is 0 Å². The zero-order valence-electron chi connectivity index (χ0n) is 13.8. The second kappa shape index (κ2) is 8.46. The molecule has 1 aliphatic carbocycles. The van der Waals surface area contributed by atoms with Crippen LogP contribution in [0.15, 0.2) is 4.52 Å². The predicted molar refractivity (Wildman–Crippen MR) is 90.4 cm³/mol. The fourth-order valence-electron chi connectivity index (χ4n) is 3.02. The molecular weight excluding hydrogens is 298 g/mol. The maximum absolute atomic E-state index is 11.9. The molecular formula is C16H27N3O2S. The number of amides is 2. The molecule has 1 saturated carbocycles. The quantitative estimate of drug-likeness (QED) is 0.756. The summed E-state index contributed by atoms with van der Waals surface area (Å²) in [6, 6.07) is 0.303. The molecule has 1 aromatic heterocycles. The molecule has 124 valence electrons. The molecule has 0 spiro atoms. The van der Waals surface area contributed by atoms with Crippen LogP contribution < -0.4 is 10.6 Å². The minimum absolute atomic E-state index is 0.0362. The Bertz CT molecular complexity index is 470. The molecule has 0 aromatic carbocycles. The summed E-state index contributed by atoms with van der Waals surface area (Å²) in [6.07, 6.45) is 5.21. The zero-order chi connectivity index (χ0) is 15.9. The van der Waals surface area contributed by atoms with E-state index < -0.39 is 0 Å². The van der Waals surface area contributed by atoms with Crippen LogP contribution in [-0.2, 0) is 6.42 Å². The van der Waals surface area contributed by atoms with Gasteiger partial charge in [0.25, 0.3) is 0 Å². The predicted octanol–water partition coefficient (Wildman–Crippen LogP) is 3.20. The average Bonchev–Trinajstić information content (AvgIpc) is 3.04. The lowest BCUT2D eigenvalue weighted by molar-refractivity contribution is 0.237. The summed E-state index contributed by atoms with van der Waals surface area (Å²) in [5.41, 5.74) is 2.12. The van der Waals surface area contributed by atoms with Crippen LogP contribution >= 0.6 is 11.8 Å². The Hall–Kier alpha value is -1.17. The van der Waals surface area contributed by atoms with Gasteiger partial charge in [-0.2, -0.15) is 11.8 Å². The Balaban J connectivity index is 1.60. The lowest BCUT2D eigenvalue weighted by atomic mass is 10.1. The van der Waals surface area contributed by atoms with Crippen molar-refractivity contribution in [1.82, 2.24) is 15.8 Å². The number of thioether (sulfide) groups is 1. The first-order chi connectivity index (χ1) is 10.6. The Morgan fingerprint density at radius 3 is 2.91 bits per heavy atom. The van der Waals surface area contributed by atoms with Crippen molar-refractivity contribution >= 4 is 17.8 Å². The lowest BCUT2D eigenvalue weighted by Crippen LogP contribution is -2.41. The van der Waals surface area contributed by atoms with Crippen molar-refractivity contribution in [1.29, 1.82) is 0 Å². The SMILES string of the molecule is CCSC1CCC(NC(=O)NCCCc2c(C)noc2C)C1. The molecule has 1 aliphatic rings. The average molecular weight is 325 g/mol. The van der Waals surface area contributed by atoms with Gasteiger partial charge < -0.3 is 15.2 Å². The normalized spacial score (nSPS) is 21.0. The number of nitrogens with zero attached hydrogens (tertiary/aromatic N) is 1. The monoisotopic (exact) mass is 325 g/mol. The van der Waals surface area contributed by atoms with Crippen molar-refractivity contribution in [3.63, 3.8) is 0 Å². The third kappa shape index (κ3) is 4.93. The van der Waals surface area contributed by atoms with Crippen LogP contribution in [0.25, 0.3) is 0 Å². The van der Waals surface area contributed by atoms with Gasteiger partial charge in [0.05, 0.1) is 5.69 Å². The maximum Gasteiger partial charge on any atom is 0.315 e. The van der Waals surface area contributed by atoms with Crippen LogP contribution in [0.4, 0.5) is 4.79 Å². The third-order valence-corrected chi connectivity index (χ3v) is 5.43. The number of aryl methyl sites for hydroxylation is 2. The van der Waals surface area contributed by atoms with E-state index in [9.17, 15) is 4.79 Å². The molecule has 2 N–H and O–H groups in total. The highest BCUT2D eigenvalue weighted by atomic mass is 32.2. The molecule has 2 amide bonds. The van der Waals surface area contributed by atoms with Gasteiger partial charge in [-0.15, -0.1) is 0 Å². The summed E-state index contributed by atoms with van der Waals surface area (Å²) in [5, 5.41) is 10.7. The second-order valence-electron chi connectivity index (χ2n) is 5.89. The lowest BCUT2D eigenvalue weighted by Gasteiger charge is -2.14. The van der Waals surface area contributed by atoms with Crippen molar-refractivity contribution in [2.75, 3.05) is 12.3 Å². The first-order valence-corrected chi connectivity index (χ1v) is 9.22. The molecule has 2 atom stereocenters. The molecule has 0 saturated heterocycles. The van der Waals surface area contributed by atoms with Crippen molar-refractivity contribution in [2.24, 2.45) is 0 Å². The molecule has 22 heavy (non-hydrogen) atoms. The first kappa shape index (κ1) is 17.2. The fourth-order valence-corrected chi connectivity index (χ4v) is 4.16. The number of hydrogen-bond acceptors (Lipinski definition) is 4. The first-order valence-electron chi connectivity index (χ1n) is 8.17. The summed E-state index contributed by atoms with van der Waals surface area (Å²) >= 11 is 2.01. The van der Waals surface area contributed by atoms with Gasteiger partial charge in [0.15, 0.2) is 0 Å². The summed E-state index contributed by atoms with van der Waals surface area (Å²) < 4.78 is 5.14. The van der Waals surface area contributed by atoms with Crippen molar-refractivity contribution in [2.45, 2.75) is 64.2 Å². The number of rotatable bonds is 7. The topological polar surface area (TPSA) is 67.2 Å². The van der Waals surface area contributed by atoms with E-state index in [-0.39, 0.29) is 6.03 Å². The molecule has 0 bridgehead atoms. The highest BCUT2D eigenvalue weighted by molar-refractivity contribution is 7.99. The highest BCUT2D eigenvalue weighted by Gasteiger charge is 2.25. The van der Waals surface area contributed by atoms with Crippen LogP contribution in [0.5, 0.6) is 0 Å². The molecule has 1 fully saturated rings. The Kier molecular flexibility index (Phi) is 6.61. The number of carbonyl (C=O) groups is 1. The Labute approximate surface area is 137 Å². The van der Waals surface area contributed by atoms with Gasteiger partial charge in [0.1, 0.15) is 5.76 Å². The zero-order valence-corrected chi connectivity index (χ0v) is 14.6. The fraction of sp³-hybridized carbons (Fsp3) is 0.750. The molecule has 0 aliphatic heterocycles. The van der Waals surface area contributed by atoms with Crippen LogP contribution in [0.1, 0.15) is 49.6 Å². The highest BCUT2D eigenvalue weighted by Crippen LogP contribution is 2.29. The molecule has 5 nitrogen and oxygen atoms in total. The van der Waals surface area contributed by atoms with Gasteiger partial charge in [0.2, 0.25) is 0 Å². The number of urea groups is 1. The summed E-state index contributed by atoms with van der Waals surface area (Å²) in [5.74, 6) is 2.04. The van der Waals surface area contributed by atoms with E-state index in [1.807, 2.05) is 25.6 Å². The van der Waals surface area contributed by atoms with Gasteiger partial charge >= 0.3 is 6.03 Å². The third-order valence-electron chi connectivity index (χ3n) is 4.19. The Morgan fingerprint density at radius 1 is 1.41 bits per heavy atom. The van der Waals surface area contributed by atoms with Crippen LogP contribution in [0.2, 0.25) is 0 Å². The van der Waals surface area contributed by atoms with Crippen LogP contribution in [0.3, 0.4) is 0 Å². The van der Waals surface area contributed by atoms with E-state index in [0.717, 1.165) is 53.7 Å². The second-order valence-corrected chi connectivity index (χ2v) is 7.47. The van der Waals surface area contributed by atoms with E-state index in [2.05, 4.69) is 22.7 Å². The molecule has 0 radical (unpaired) electrons. The van der Waals surface area contributed by atoms with E-state index >= 15 is 0 Å². The summed E-state index contributed by atoms with van der Waals surface area (Å²) in [6.45, 7) is 6.75. The van der Waals surface area contributed by atoms with E-state index in [1.165, 1.54) is 6.42 Å². The van der Waals surface area contributed by atoms with Gasteiger partial charge in [-0.3, -0.25) is 0 Å². The molecule has 2 unspecified atom stereocenters. The number of nitrogens with one attached hydrogen (secondary N) is 2. The van der Waals surface area contributed by atoms with Crippen molar-refractivity contribution < 1.29 is 9.32 Å². The van der Waals surface area contributed by atoms with Gasteiger partial charge in [-0.05, 0) is 51.7 Å². The van der Waals surface area contributed by atoms with Crippen LogP contribution in [0, 0.1) is 13.8 Å². The van der Waals surface area contributed by atoms with E-state index in [1.54, 1.807) is 0 Å². The van der Waals surface area contributed by atoms with Gasteiger partial charge in [-0.1, -0.05) is 12.1 Å². The minimum Gasteiger partial charge on any atom is -0.361 e. The molecule has 6 heteroatoms. The Morgan fingerprint density at radius 2 is 2.23 bits per heavy atom. The largest absolute Gasteiger partial charge is 0.361 e. The van der Waals surface area contributed by atoms with E-state index in [0.29, 0.717) is 12.6 Å². The van der Waals surface area contributed by atoms with E-state index in [4.69, 9.17) is 4.52 Å². The standard InChI is InChI=1S/C16H27N3O2S/c1-4-22-14-8-7-13(10-14)18-16(20)17-9-5-6-15-11(2)19-21-12(15)3/h13-14H,4-10H2,1-3H3,(H2,17,18,20). The smallest absolute Gasteiger partial charge is 0.315 e.